The van der Waals surface area contributed by atoms with Crippen molar-refractivity contribution in [3.63, 3.8) is 0 Å². The molecule has 0 aliphatic rings. The molecule has 0 saturated heterocycles. The summed E-state index contributed by atoms with van der Waals surface area (Å²) in [6, 6.07) is 16.5. The molecular weight excluding hydrogens is 444 g/mol. The van der Waals surface area contributed by atoms with Crippen molar-refractivity contribution in [2.75, 3.05) is 25.5 Å². The molecule has 0 radical (unpaired) electrons. The predicted octanol–water partition coefficient (Wildman–Crippen LogP) is 6.46. The fourth-order valence-electron chi connectivity index (χ4n) is 4.33. The van der Waals surface area contributed by atoms with Gasteiger partial charge in [-0.2, -0.15) is 0 Å². The van der Waals surface area contributed by atoms with E-state index in [4.69, 9.17) is 11.6 Å². The number of hydrogen-bond acceptors (Lipinski definition) is 3. The van der Waals surface area contributed by atoms with Gasteiger partial charge in [-0.1, -0.05) is 54.6 Å². The number of fused-ring (bicyclic) bond motifs is 1. The van der Waals surface area contributed by atoms with E-state index in [1.807, 2.05) is 19.9 Å². The number of pyridine rings is 1. The number of anilines is 1. The highest BCUT2D eigenvalue weighted by Crippen LogP contribution is 2.42. The Morgan fingerprint density at radius 3 is 2.47 bits per heavy atom. The Hall–Kier alpha value is -3.41. The van der Waals surface area contributed by atoms with Gasteiger partial charge >= 0.3 is 0 Å². The maximum absolute atomic E-state index is 12.5. The highest BCUT2D eigenvalue weighted by Gasteiger charge is 2.21. The van der Waals surface area contributed by atoms with Gasteiger partial charge in [0.25, 0.3) is 0 Å². The molecular formula is C28H29ClN4O. The quantitative estimate of drug-likeness (QED) is 0.314. The number of aromatic nitrogens is 2. The number of aryl methyl sites for hydroxylation is 1. The number of rotatable bonds is 7. The minimum Gasteiger partial charge on any atom is -0.339 e. The Labute approximate surface area is 205 Å². The largest absolute Gasteiger partial charge is 0.339 e. The van der Waals surface area contributed by atoms with Crippen molar-refractivity contribution in [3.05, 3.63) is 83.5 Å². The summed E-state index contributed by atoms with van der Waals surface area (Å²) in [4.78, 5) is 24.4. The average molecular weight is 473 g/mol. The van der Waals surface area contributed by atoms with E-state index in [-0.39, 0.29) is 5.91 Å². The summed E-state index contributed by atoms with van der Waals surface area (Å²) in [7, 11) is 4.12. The number of carbonyl (C=O) groups is 1. The summed E-state index contributed by atoms with van der Waals surface area (Å²) in [5.74, 6) is -0.127. The average Bonchev–Trinajstić information content (AvgIpc) is 3.21. The molecule has 0 spiro atoms. The van der Waals surface area contributed by atoms with Crippen molar-refractivity contribution >= 4 is 34.2 Å². The van der Waals surface area contributed by atoms with E-state index < -0.39 is 0 Å². The molecule has 0 fully saturated rings. The summed E-state index contributed by atoms with van der Waals surface area (Å²) < 4.78 is 0. The normalized spacial score (nSPS) is 11.2. The van der Waals surface area contributed by atoms with Crippen LogP contribution >= 0.6 is 11.6 Å². The maximum Gasteiger partial charge on any atom is 0.250 e. The lowest BCUT2D eigenvalue weighted by atomic mass is 9.96. The van der Waals surface area contributed by atoms with E-state index in [0.29, 0.717) is 11.6 Å². The van der Waals surface area contributed by atoms with Crippen LogP contribution in [0.25, 0.3) is 33.4 Å². The van der Waals surface area contributed by atoms with E-state index in [9.17, 15) is 4.79 Å². The van der Waals surface area contributed by atoms with Crippen LogP contribution in [0.4, 0.5) is 5.69 Å². The first-order valence-electron chi connectivity index (χ1n) is 11.3. The molecule has 4 rings (SSSR count). The van der Waals surface area contributed by atoms with E-state index in [0.717, 1.165) is 51.2 Å². The number of likely N-dealkylation sites (N-methyl/N-ethyl adjacent to an activating group) is 1. The van der Waals surface area contributed by atoms with Gasteiger partial charge in [-0.25, -0.2) is 4.98 Å². The molecule has 0 aliphatic carbocycles. The third-order valence-electron chi connectivity index (χ3n) is 5.93. The van der Waals surface area contributed by atoms with E-state index in [1.54, 1.807) is 17.2 Å². The van der Waals surface area contributed by atoms with Crippen LogP contribution in [0.1, 0.15) is 18.1 Å². The Balaban J connectivity index is 1.93. The smallest absolute Gasteiger partial charge is 0.250 e. The monoisotopic (exact) mass is 472 g/mol. The number of amides is 1. The Morgan fingerprint density at radius 1 is 1.12 bits per heavy atom. The molecule has 0 saturated carbocycles. The summed E-state index contributed by atoms with van der Waals surface area (Å²) in [5.41, 5.74) is 7.75. The molecule has 2 heterocycles. The second-order valence-electron chi connectivity index (χ2n) is 8.61. The minimum absolute atomic E-state index is 0.127. The highest BCUT2D eigenvalue weighted by molar-refractivity contribution is 6.36. The second-order valence-corrected chi connectivity index (χ2v) is 9.02. The lowest BCUT2D eigenvalue weighted by Crippen LogP contribution is -2.29. The van der Waals surface area contributed by atoms with Crippen molar-refractivity contribution in [1.29, 1.82) is 0 Å². The van der Waals surface area contributed by atoms with Crippen LogP contribution in [0.15, 0.2) is 67.4 Å². The van der Waals surface area contributed by atoms with Crippen LogP contribution in [-0.4, -0.2) is 41.4 Å². The SMILES string of the molecule is C=CC(=O)N(CC)c1cc(-c2c(-c3ccc(CN(C)C)cc3)[nH]c3nccc(Cl)c23)ccc1C. The fraction of sp³-hybridized carbons (Fsp3) is 0.214. The third kappa shape index (κ3) is 4.49. The molecule has 174 valence electrons. The van der Waals surface area contributed by atoms with Crippen molar-refractivity contribution in [3.8, 4) is 22.4 Å². The first kappa shape index (κ1) is 23.7. The second kappa shape index (κ2) is 9.84. The topological polar surface area (TPSA) is 52.2 Å². The van der Waals surface area contributed by atoms with E-state index >= 15 is 0 Å². The number of H-pyrrole nitrogens is 1. The highest BCUT2D eigenvalue weighted by atomic mass is 35.5. The Bertz CT molecular complexity index is 1360. The van der Waals surface area contributed by atoms with Crippen molar-refractivity contribution in [1.82, 2.24) is 14.9 Å². The number of benzene rings is 2. The number of aromatic amines is 1. The minimum atomic E-state index is -0.127. The van der Waals surface area contributed by atoms with Crippen LogP contribution < -0.4 is 4.90 Å². The van der Waals surface area contributed by atoms with Crippen LogP contribution in [0.3, 0.4) is 0 Å². The summed E-state index contributed by atoms with van der Waals surface area (Å²) in [6.45, 7) is 9.05. The zero-order chi connectivity index (χ0) is 24.4. The van der Waals surface area contributed by atoms with Gasteiger partial charge in [0.15, 0.2) is 0 Å². The number of halogens is 1. The number of hydrogen-bond donors (Lipinski definition) is 1. The maximum atomic E-state index is 12.5. The van der Waals surface area contributed by atoms with Gasteiger partial charge in [-0.15, -0.1) is 0 Å². The van der Waals surface area contributed by atoms with Gasteiger partial charge in [0.2, 0.25) is 5.91 Å². The van der Waals surface area contributed by atoms with Crippen LogP contribution in [0.5, 0.6) is 0 Å². The van der Waals surface area contributed by atoms with Crippen molar-refractivity contribution < 1.29 is 4.79 Å². The van der Waals surface area contributed by atoms with Crippen LogP contribution in [0.2, 0.25) is 5.02 Å². The number of nitrogens with zero attached hydrogens (tertiary/aromatic N) is 3. The zero-order valence-corrected chi connectivity index (χ0v) is 20.8. The molecule has 1 N–H and O–H groups in total. The van der Waals surface area contributed by atoms with Crippen LogP contribution in [-0.2, 0) is 11.3 Å². The number of nitrogens with one attached hydrogen (secondary N) is 1. The Kier molecular flexibility index (Phi) is 6.87. The molecule has 0 atom stereocenters. The third-order valence-corrected chi connectivity index (χ3v) is 6.25. The number of carbonyl (C=O) groups excluding carboxylic acids is 1. The van der Waals surface area contributed by atoms with E-state index in [1.165, 1.54) is 11.6 Å². The molecule has 0 bridgehead atoms. The molecule has 0 aliphatic heterocycles. The molecule has 6 heteroatoms. The fourth-order valence-corrected chi connectivity index (χ4v) is 4.58. The molecule has 5 nitrogen and oxygen atoms in total. The molecule has 2 aromatic carbocycles. The zero-order valence-electron chi connectivity index (χ0n) is 20.0. The summed E-state index contributed by atoms with van der Waals surface area (Å²) in [5, 5.41) is 1.49. The van der Waals surface area contributed by atoms with Gasteiger partial charge < -0.3 is 14.8 Å². The summed E-state index contributed by atoms with van der Waals surface area (Å²) in [6.07, 6.45) is 3.06. The van der Waals surface area contributed by atoms with E-state index in [2.05, 4.69) is 71.9 Å². The van der Waals surface area contributed by atoms with Gasteiger partial charge in [0, 0.05) is 35.9 Å². The first-order chi connectivity index (χ1) is 16.3. The molecule has 0 unspecified atom stereocenters. The van der Waals surface area contributed by atoms with Gasteiger partial charge in [0.1, 0.15) is 5.65 Å². The van der Waals surface area contributed by atoms with Gasteiger partial charge in [-0.05, 0) is 68.4 Å². The predicted molar refractivity (Wildman–Crippen MR) is 142 cm³/mol. The lowest BCUT2D eigenvalue weighted by molar-refractivity contribution is -0.114. The molecule has 1 amide bonds. The van der Waals surface area contributed by atoms with Gasteiger partial charge in [-0.3, -0.25) is 4.79 Å². The molecule has 2 aromatic heterocycles. The summed E-state index contributed by atoms with van der Waals surface area (Å²) >= 11 is 6.69. The van der Waals surface area contributed by atoms with Crippen molar-refractivity contribution in [2.45, 2.75) is 20.4 Å². The van der Waals surface area contributed by atoms with Crippen LogP contribution in [0, 0.1) is 6.92 Å². The molecule has 34 heavy (non-hydrogen) atoms. The van der Waals surface area contributed by atoms with Crippen molar-refractivity contribution in [2.24, 2.45) is 0 Å². The molecule has 4 aromatic rings. The van der Waals surface area contributed by atoms with Gasteiger partial charge in [0.05, 0.1) is 10.7 Å². The first-order valence-corrected chi connectivity index (χ1v) is 11.7. The Morgan fingerprint density at radius 2 is 1.82 bits per heavy atom. The lowest BCUT2D eigenvalue weighted by Gasteiger charge is -2.22. The standard InChI is InChI=1S/C28H29ClN4O/c1-6-24(34)33(7-2)23-16-21(11-8-18(23)3)25-26-22(29)14-15-30-28(26)31-27(25)20-12-9-19(10-13-20)17-32(4)5/h6,8-16H,1,7,17H2,2-5H3,(H,30,31).